The molecule has 0 aromatic heterocycles. The molecule has 0 saturated heterocycles. The van der Waals surface area contributed by atoms with Crippen LogP contribution in [0.1, 0.15) is 25.3 Å². The summed E-state index contributed by atoms with van der Waals surface area (Å²) in [7, 11) is -1.93. The first-order valence-corrected chi connectivity index (χ1v) is 8.32. The van der Waals surface area contributed by atoms with E-state index in [0.29, 0.717) is 13.2 Å². The molecule has 5 nitrogen and oxygen atoms in total. The molecule has 0 aliphatic heterocycles. The second kappa shape index (κ2) is 8.36. The Bertz CT molecular complexity index is 480. The molecule has 0 heterocycles. The van der Waals surface area contributed by atoms with Crippen LogP contribution in [0.3, 0.4) is 0 Å². The number of ether oxygens (including phenoxy) is 1. The second-order valence-corrected chi connectivity index (χ2v) is 6.46. The van der Waals surface area contributed by atoms with Crippen LogP contribution in [0.2, 0.25) is 0 Å². The van der Waals surface area contributed by atoms with Crippen LogP contribution >= 0.6 is 0 Å². The fourth-order valence-electron chi connectivity index (χ4n) is 2.02. The van der Waals surface area contributed by atoms with E-state index >= 15 is 0 Å². The Labute approximate surface area is 121 Å². The van der Waals surface area contributed by atoms with Crippen molar-refractivity contribution >= 4 is 10.0 Å². The first-order chi connectivity index (χ1) is 9.53. The van der Waals surface area contributed by atoms with E-state index in [2.05, 4.69) is 4.72 Å². The number of nitrogens with two attached hydrogens (primary N) is 1. The largest absolute Gasteiger partial charge is 0.383 e. The molecule has 114 valence electrons. The van der Waals surface area contributed by atoms with Gasteiger partial charge < -0.3 is 10.5 Å². The van der Waals surface area contributed by atoms with Gasteiger partial charge in [-0.15, -0.1) is 0 Å². The monoisotopic (exact) mass is 300 g/mol. The minimum Gasteiger partial charge on any atom is -0.383 e. The van der Waals surface area contributed by atoms with Crippen LogP contribution in [0.25, 0.3) is 0 Å². The zero-order valence-electron chi connectivity index (χ0n) is 12.1. The number of sulfonamides is 1. The summed E-state index contributed by atoms with van der Waals surface area (Å²) in [6.07, 6.45) is 2.39. The minimum atomic E-state index is -3.50. The summed E-state index contributed by atoms with van der Waals surface area (Å²) in [5.74, 6) is 0. The Balaban J connectivity index is 2.80. The number of nitrogens with one attached hydrogen (secondary N) is 1. The standard InChI is InChI=1S/C14H24N2O3S/c1-3-4-13(11-19-2)16-20(17,18)14-7-5-12(6-8-14)9-10-15/h5-8,13,16H,3-4,9-11,15H2,1-2H3. The molecule has 20 heavy (non-hydrogen) atoms. The van der Waals surface area contributed by atoms with E-state index in [1.54, 1.807) is 31.4 Å². The quantitative estimate of drug-likeness (QED) is 0.720. The van der Waals surface area contributed by atoms with Crippen LogP contribution in [-0.4, -0.2) is 34.7 Å². The summed E-state index contributed by atoms with van der Waals surface area (Å²) >= 11 is 0. The maximum absolute atomic E-state index is 12.3. The first-order valence-electron chi connectivity index (χ1n) is 6.83. The predicted molar refractivity (Wildman–Crippen MR) is 80.1 cm³/mol. The Kier molecular flexibility index (Phi) is 7.15. The first kappa shape index (κ1) is 17.1. The number of rotatable bonds is 9. The van der Waals surface area contributed by atoms with Crippen LogP contribution in [-0.2, 0) is 21.2 Å². The van der Waals surface area contributed by atoms with Crippen molar-refractivity contribution in [2.45, 2.75) is 37.1 Å². The van der Waals surface area contributed by atoms with E-state index in [0.717, 1.165) is 24.8 Å². The van der Waals surface area contributed by atoms with Gasteiger partial charge in [-0.05, 0) is 37.1 Å². The van der Waals surface area contributed by atoms with Gasteiger partial charge in [-0.1, -0.05) is 25.5 Å². The van der Waals surface area contributed by atoms with Gasteiger partial charge in [0.2, 0.25) is 10.0 Å². The van der Waals surface area contributed by atoms with Crippen molar-refractivity contribution in [3.05, 3.63) is 29.8 Å². The molecule has 1 aromatic rings. The van der Waals surface area contributed by atoms with Gasteiger partial charge in [-0.3, -0.25) is 0 Å². The third kappa shape index (κ3) is 5.20. The fraction of sp³-hybridized carbons (Fsp3) is 0.571. The maximum atomic E-state index is 12.3. The van der Waals surface area contributed by atoms with E-state index in [4.69, 9.17) is 10.5 Å². The van der Waals surface area contributed by atoms with Crippen LogP contribution in [0.15, 0.2) is 29.2 Å². The van der Waals surface area contributed by atoms with Crippen molar-refractivity contribution < 1.29 is 13.2 Å². The molecular formula is C14H24N2O3S. The highest BCUT2D eigenvalue weighted by atomic mass is 32.2. The average molecular weight is 300 g/mol. The lowest BCUT2D eigenvalue weighted by Crippen LogP contribution is -2.37. The van der Waals surface area contributed by atoms with Crippen molar-refractivity contribution in [1.29, 1.82) is 0 Å². The number of methoxy groups -OCH3 is 1. The molecule has 1 aromatic carbocycles. The van der Waals surface area contributed by atoms with Gasteiger partial charge in [-0.25, -0.2) is 13.1 Å². The molecule has 0 aliphatic carbocycles. The molecule has 0 amide bonds. The van der Waals surface area contributed by atoms with Crippen molar-refractivity contribution in [3.8, 4) is 0 Å². The zero-order valence-corrected chi connectivity index (χ0v) is 12.9. The summed E-state index contributed by atoms with van der Waals surface area (Å²) in [6, 6.07) is 6.63. The average Bonchev–Trinajstić information content (AvgIpc) is 2.40. The molecule has 1 atom stereocenters. The van der Waals surface area contributed by atoms with Crippen LogP contribution in [0, 0.1) is 0 Å². The number of hydrogen-bond donors (Lipinski definition) is 2. The molecule has 0 aliphatic rings. The van der Waals surface area contributed by atoms with Crippen molar-refractivity contribution in [2.75, 3.05) is 20.3 Å². The molecule has 1 unspecified atom stereocenters. The predicted octanol–water partition coefficient (Wildman–Crippen LogP) is 1.28. The summed E-state index contributed by atoms with van der Waals surface area (Å²) in [5, 5.41) is 0. The highest BCUT2D eigenvalue weighted by Gasteiger charge is 2.19. The van der Waals surface area contributed by atoms with Gasteiger partial charge in [0, 0.05) is 13.2 Å². The molecular weight excluding hydrogens is 276 g/mol. The highest BCUT2D eigenvalue weighted by molar-refractivity contribution is 7.89. The maximum Gasteiger partial charge on any atom is 0.240 e. The smallest absolute Gasteiger partial charge is 0.240 e. The number of hydrogen-bond acceptors (Lipinski definition) is 4. The summed E-state index contributed by atoms with van der Waals surface area (Å²) < 4.78 is 32.3. The fourth-order valence-corrected chi connectivity index (χ4v) is 3.27. The SMILES string of the molecule is CCCC(COC)NS(=O)(=O)c1ccc(CCN)cc1. The third-order valence-corrected chi connectivity index (χ3v) is 4.53. The Hall–Kier alpha value is -0.950. The summed E-state index contributed by atoms with van der Waals surface area (Å²) in [4.78, 5) is 0.274. The van der Waals surface area contributed by atoms with Crippen molar-refractivity contribution in [2.24, 2.45) is 5.73 Å². The van der Waals surface area contributed by atoms with Gasteiger partial charge in [0.25, 0.3) is 0 Å². The van der Waals surface area contributed by atoms with Crippen LogP contribution < -0.4 is 10.5 Å². The molecule has 3 N–H and O–H groups in total. The van der Waals surface area contributed by atoms with Gasteiger partial charge >= 0.3 is 0 Å². The molecule has 6 heteroatoms. The molecule has 0 fully saturated rings. The lowest BCUT2D eigenvalue weighted by Gasteiger charge is -2.17. The van der Waals surface area contributed by atoms with Gasteiger partial charge in [0.1, 0.15) is 0 Å². The van der Waals surface area contributed by atoms with E-state index in [-0.39, 0.29) is 10.9 Å². The molecule has 0 radical (unpaired) electrons. The van der Waals surface area contributed by atoms with E-state index in [1.807, 2.05) is 6.92 Å². The van der Waals surface area contributed by atoms with Crippen molar-refractivity contribution in [1.82, 2.24) is 4.72 Å². The molecule has 0 bridgehead atoms. The lowest BCUT2D eigenvalue weighted by atomic mass is 10.2. The zero-order chi connectivity index (χ0) is 15.0. The molecule has 1 rings (SSSR count). The van der Waals surface area contributed by atoms with Crippen LogP contribution in [0.5, 0.6) is 0 Å². The topological polar surface area (TPSA) is 81.4 Å². The molecule has 0 saturated carbocycles. The summed E-state index contributed by atoms with van der Waals surface area (Å²) in [6.45, 7) is 2.94. The second-order valence-electron chi connectivity index (χ2n) is 4.74. The van der Waals surface area contributed by atoms with Gasteiger partial charge in [0.15, 0.2) is 0 Å². The molecule has 0 spiro atoms. The minimum absolute atomic E-state index is 0.196. The highest BCUT2D eigenvalue weighted by Crippen LogP contribution is 2.12. The van der Waals surface area contributed by atoms with E-state index < -0.39 is 10.0 Å². The Morgan fingerprint density at radius 3 is 2.45 bits per heavy atom. The van der Waals surface area contributed by atoms with Crippen molar-refractivity contribution in [3.63, 3.8) is 0 Å². The third-order valence-electron chi connectivity index (χ3n) is 2.99. The normalized spacial score (nSPS) is 13.3. The van der Waals surface area contributed by atoms with Gasteiger partial charge in [-0.2, -0.15) is 0 Å². The lowest BCUT2D eigenvalue weighted by molar-refractivity contribution is 0.171. The Morgan fingerprint density at radius 2 is 1.95 bits per heavy atom. The summed E-state index contributed by atoms with van der Waals surface area (Å²) in [5.41, 5.74) is 6.51. The number of benzene rings is 1. The Morgan fingerprint density at radius 1 is 1.30 bits per heavy atom. The van der Waals surface area contributed by atoms with Crippen LogP contribution in [0.4, 0.5) is 0 Å². The van der Waals surface area contributed by atoms with E-state index in [9.17, 15) is 8.42 Å². The van der Waals surface area contributed by atoms with Gasteiger partial charge in [0.05, 0.1) is 11.5 Å². The van der Waals surface area contributed by atoms with E-state index in [1.165, 1.54) is 0 Å².